The molecule has 1 aromatic rings. The summed E-state index contributed by atoms with van der Waals surface area (Å²) in [6.07, 6.45) is 0.981. The molecule has 0 aromatic heterocycles. The van der Waals surface area contributed by atoms with Crippen LogP contribution in [0.5, 0.6) is 5.75 Å². The molecule has 1 aromatic carbocycles. The molecule has 1 rings (SSSR count). The first-order valence-corrected chi connectivity index (χ1v) is 6.46. The molecule has 0 saturated heterocycles. The lowest BCUT2D eigenvalue weighted by Crippen LogP contribution is -2.10. The maximum Gasteiger partial charge on any atom is 0.340 e. The molecule has 0 heterocycles. The quantitative estimate of drug-likeness (QED) is 0.444. The monoisotopic (exact) mass is 267 g/mol. The van der Waals surface area contributed by atoms with E-state index in [-0.39, 0.29) is 0 Å². The number of rotatable bonds is 8. The molecular weight excluding hydrogens is 246 g/mol. The van der Waals surface area contributed by atoms with Crippen LogP contribution in [0.2, 0.25) is 0 Å². The van der Waals surface area contributed by atoms with Crippen LogP contribution in [0.25, 0.3) is 0 Å². The number of nitrogens with two attached hydrogens (primary N) is 1. The topological polar surface area (TPSA) is 70.8 Å². The Morgan fingerprint density at radius 2 is 2.00 bits per heavy atom. The number of nitrogen functional groups attached to an aromatic ring is 1. The highest BCUT2D eigenvalue weighted by Gasteiger charge is 2.11. The summed E-state index contributed by atoms with van der Waals surface area (Å²) in [5.41, 5.74) is 6.44. The van der Waals surface area contributed by atoms with Crippen molar-refractivity contribution in [1.82, 2.24) is 0 Å². The van der Waals surface area contributed by atoms with E-state index < -0.39 is 5.97 Å². The van der Waals surface area contributed by atoms with Gasteiger partial charge in [0.2, 0.25) is 0 Å². The molecule has 0 bridgehead atoms. The van der Waals surface area contributed by atoms with Crippen molar-refractivity contribution < 1.29 is 19.0 Å². The Balaban J connectivity index is 2.55. The van der Waals surface area contributed by atoms with Gasteiger partial charge in [0.15, 0.2) is 0 Å². The van der Waals surface area contributed by atoms with E-state index in [4.69, 9.17) is 19.9 Å². The second-order valence-electron chi connectivity index (χ2n) is 3.93. The van der Waals surface area contributed by atoms with E-state index in [2.05, 4.69) is 0 Å². The molecule has 0 saturated carbocycles. The molecule has 2 N–H and O–H groups in total. The number of anilines is 1. The van der Waals surface area contributed by atoms with Gasteiger partial charge in [0.1, 0.15) is 12.4 Å². The first-order chi connectivity index (χ1) is 9.19. The number of esters is 1. The molecule has 106 valence electrons. The van der Waals surface area contributed by atoms with Gasteiger partial charge in [0.25, 0.3) is 0 Å². The summed E-state index contributed by atoms with van der Waals surface area (Å²) in [5, 5.41) is 0. The minimum absolute atomic E-state index is 0.314. The van der Waals surface area contributed by atoms with Crippen molar-refractivity contribution in [2.45, 2.75) is 20.3 Å². The van der Waals surface area contributed by atoms with Crippen LogP contribution in [0.1, 0.15) is 30.6 Å². The molecule has 0 radical (unpaired) electrons. The lowest BCUT2D eigenvalue weighted by molar-refractivity contribution is 0.0527. The largest absolute Gasteiger partial charge is 0.491 e. The van der Waals surface area contributed by atoms with Gasteiger partial charge < -0.3 is 19.9 Å². The Morgan fingerprint density at radius 3 is 2.68 bits per heavy atom. The maximum atomic E-state index is 11.7. The molecule has 0 atom stereocenters. The molecule has 0 amide bonds. The van der Waals surface area contributed by atoms with Gasteiger partial charge in [-0.2, -0.15) is 0 Å². The molecule has 0 spiro atoms. The van der Waals surface area contributed by atoms with Crippen LogP contribution in [0.15, 0.2) is 18.2 Å². The van der Waals surface area contributed by atoms with Crippen LogP contribution in [0.3, 0.4) is 0 Å². The second-order valence-corrected chi connectivity index (χ2v) is 3.93. The van der Waals surface area contributed by atoms with Gasteiger partial charge >= 0.3 is 5.97 Å². The van der Waals surface area contributed by atoms with Crippen LogP contribution < -0.4 is 10.5 Å². The zero-order valence-corrected chi connectivity index (χ0v) is 11.5. The van der Waals surface area contributed by atoms with Gasteiger partial charge in [-0.25, -0.2) is 4.79 Å². The minimum Gasteiger partial charge on any atom is -0.491 e. The number of carbonyl (C=O) groups is 1. The molecule has 5 heteroatoms. The van der Waals surface area contributed by atoms with Crippen molar-refractivity contribution in [3.8, 4) is 5.75 Å². The summed E-state index contributed by atoms with van der Waals surface area (Å²) in [6.45, 7) is 5.79. The van der Waals surface area contributed by atoms with E-state index in [1.165, 1.54) is 0 Å². The van der Waals surface area contributed by atoms with Gasteiger partial charge in [0.05, 0.1) is 18.8 Å². The average molecular weight is 267 g/mol. The molecule has 0 aliphatic heterocycles. The smallest absolute Gasteiger partial charge is 0.340 e. The van der Waals surface area contributed by atoms with E-state index in [0.29, 0.717) is 36.8 Å². The van der Waals surface area contributed by atoms with Gasteiger partial charge in [-0.1, -0.05) is 6.92 Å². The summed E-state index contributed by atoms with van der Waals surface area (Å²) in [6, 6.07) is 4.94. The fourth-order valence-electron chi connectivity index (χ4n) is 1.48. The van der Waals surface area contributed by atoms with Crippen molar-refractivity contribution in [1.29, 1.82) is 0 Å². The molecule has 0 unspecified atom stereocenters. The zero-order valence-electron chi connectivity index (χ0n) is 11.5. The van der Waals surface area contributed by atoms with Crippen molar-refractivity contribution in [2.75, 3.05) is 32.2 Å². The van der Waals surface area contributed by atoms with Crippen LogP contribution in [-0.4, -0.2) is 32.4 Å². The standard InChI is InChI=1S/C14H21NO4/c1-3-7-17-8-9-19-11-5-6-13(15)12(10-11)14(16)18-4-2/h5-6,10H,3-4,7-9,15H2,1-2H3. The summed E-state index contributed by atoms with van der Waals surface area (Å²) in [7, 11) is 0. The van der Waals surface area contributed by atoms with E-state index in [0.717, 1.165) is 13.0 Å². The van der Waals surface area contributed by atoms with Gasteiger partial charge in [-0.15, -0.1) is 0 Å². The highest BCUT2D eigenvalue weighted by Crippen LogP contribution is 2.20. The molecule has 0 aliphatic rings. The Morgan fingerprint density at radius 1 is 1.21 bits per heavy atom. The van der Waals surface area contributed by atoms with E-state index in [9.17, 15) is 4.79 Å². The molecule has 5 nitrogen and oxygen atoms in total. The Labute approximate surface area is 113 Å². The molecular formula is C14H21NO4. The maximum absolute atomic E-state index is 11.7. The van der Waals surface area contributed by atoms with Gasteiger partial charge in [-0.3, -0.25) is 0 Å². The number of hydrogen-bond acceptors (Lipinski definition) is 5. The molecule has 0 fully saturated rings. The van der Waals surface area contributed by atoms with Gasteiger partial charge in [-0.05, 0) is 31.5 Å². The number of ether oxygens (including phenoxy) is 3. The number of benzene rings is 1. The van der Waals surface area contributed by atoms with Crippen molar-refractivity contribution >= 4 is 11.7 Å². The predicted octanol–water partition coefficient (Wildman–Crippen LogP) is 2.25. The molecule has 0 aliphatic carbocycles. The highest BCUT2D eigenvalue weighted by atomic mass is 16.5. The fourth-order valence-corrected chi connectivity index (χ4v) is 1.48. The normalized spacial score (nSPS) is 10.2. The number of carbonyl (C=O) groups excluding carboxylic acids is 1. The first kappa shape index (κ1) is 15.3. The van der Waals surface area contributed by atoms with Crippen LogP contribution in [0.4, 0.5) is 5.69 Å². The van der Waals surface area contributed by atoms with E-state index >= 15 is 0 Å². The Bertz CT molecular complexity index is 406. The van der Waals surface area contributed by atoms with Gasteiger partial charge in [0, 0.05) is 12.3 Å². The Hall–Kier alpha value is -1.75. The number of hydrogen-bond donors (Lipinski definition) is 1. The lowest BCUT2D eigenvalue weighted by Gasteiger charge is -2.10. The predicted molar refractivity (Wildman–Crippen MR) is 73.4 cm³/mol. The average Bonchev–Trinajstić information content (AvgIpc) is 2.40. The lowest BCUT2D eigenvalue weighted by atomic mass is 10.2. The van der Waals surface area contributed by atoms with Crippen molar-refractivity contribution in [2.24, 2.45) is 0 Å². The van der Waals surface area contributed by atoms with E-state index in [1.54, 1.807) is 25.1 Å². The first-order valence-electron chi connectivity index (χ1n) is 6.46. The minimum atomic E-state index is -0.437. The fraction of sp³-hybridized carbons (Fsp3) is 0.500. The Kier molecular flexibility index (Phi) is 6.74. The SMILES string of the molecule is CCCOCCOc1ccc(N)c(C(=O)OCC)c1. The summed E-state index contributed by atoms with van der Waals surface area (Å²) in [5.74, 6) is 0.144. The zero-order chi connectivity index (χ0) is 14.1. The summed E-state index contributed by atoms with van der Waals surface area (Å²) in [4.78, 5) is 11.7. The van der Waals surface area contributed by atoms with Crippen LogP contribution in [-0.2, 0) is 9.47 Å². The second kappa shape index (κ2) is 8.37. The highest BCUT2D eigenvalue weighted by molar-refractivity contribution is 5.95. The third-order valence-corrected chi connectivity index (χ3v) is 2.36. The van der Waals surface area contributed by atoms with Crippen molar-refractivity contribution in [3.05, 3.63) is 23.8 Å². The van der Waals surface area contributed by atoms with Crippen LogP contribution >= 0.6 is 0 Å². The third-order valence-electron chi connectivity index (χ3n) is 2.36. The van der Waals surface area contributed by atoms with E-state index in [1.807, 2.05) is 6.92 Å². The molecule has 19 heavy (non-hydrogen) atoms. The summed E-state index contributed by atoms with van der Waals surface area (Å²) < 4.78 is 15.7. The van der Waals surface area contributed by atoms with Crippen LogP contribution in [0, 0.1) is 0 Å². The third kappa shape index (κ3) is 5.18. The van der Waals surface area contributed by atoms with Crippen molar-refractivity contribution in [3.63, 3.8) is 0 Å². The summed E-state index contributed by atoms with van der Waals surface area (Å²) >= 11 is 0.